The van der Waals surface area contributed by atoms with Gasteiger partial charge in [-0.3, -0.25) is 10.1 Å². The zero-order chi connectivity index (χ0) is 12.4. The molecule has 0 saturated carbocycles. The number of nitrogens with one attached hydrogen (secondary N) is 1. The molecule has 0 radical (unpaired) electrons. The Morgan fingerprint density at radius 1 is 1.53 bits per heavy atom. The fourth-order valence-electron chi connectivity index (χ4n) is 1.31. The van der Waals surface area contributed by atoms with Gasteiger partial charge in [0.25, 0.3) is 0 Å². The van der Waals surface area contributed by atoms with Crippen molar-refractivity contribution in [3.63, 3.8) is 0 Å². The predicted octanol–water partition coefficient (Wildman–Crippen LogP) is -1.59. The van der Waals surface area contributed by atoms with E-state index < -0.39 is 0 Å². The zero-order valence-electron chi connectivity index (χ0n) is 8.83. The topological polar surface area (TPSA) is 156 Å². The van der Waals surface area contributed by atoms with Gasteiger partial charge in [-0.1, -0.05) is 0 Å². The highest BCUT2D eigenvalue weighted by Crippen LogP contribution is 2.21. The van der Waals surface area contributed by atoms with E-state index in [4.69, 9.17) is 22.4 Å². The molecule has 9 heteroatoms. The second-order valence-corrected chi connectivity index (χ2v) is 3.31. The minimum atomic E-state index is -0.303. The van der Waals surface area contributed by atoms with Gasteiger partial charge in [0.2, 0.25) is 5.95 Å². The van der Waals surface area contributed by atoms with Gasteiger partial charge in [0.1, 0.15) is 0 Å². The molecule has 17 heavy (non-hydrogen) atoms. The van der Waals surface area contributed by atoms with Gasteiger partial charge in [-0.2, -0.15) is 15.1 Å². The summed E-state index contributed by atoms with van der Waals surface area (Å²) >= 11 is 0. The molecule has 0 spiro atoms. The van der Waals surface area contributed by atoms with Crippen LogP contribution < -0.4 is 22.3 Å². The Morgan fingerprint density at radius 3 is 3.00 bits per heavy atom. The molecule has 0 atom stereocenters. The second kappa shape index (κ2) is 4.23. The number of nitrogens with two attached hydrogens (primary N) is 3. The van der Waals surface area contributed by atoms with Gasteiger partial charge in [-0.25, -0.2) is 5.84 Å². The third-order valence-corrected chi connectivity index (χ3v) is 2.04. The molecule has 0 aliphatic rings. The molecule has 2 aromatic rings. The van der Waals surface area contributed by atoms with E-state index in [1.807, 2.05) is 0 Å². The van der Waals surface area contributed by atoms with Gasteiger partial charge in [0.05, 0.1) is 23.9 Å². The standard InChI is InChI=1S/C8H12N8O/c9-4(3-17)2-16(11)7-5-1-12-15-6(5)13-8(10)14-7/h1-2,17H,3,9,11H2,(H3,10,12,13,14,15)/b4-2-. The first-order chi connectivity index (χ1) is 8.11. The number of aliphatic hydroxyl groups is 1. The molecule has 2 heterocycles. The van der Waals surface area contributed by atoms with Crippen LogP contribution in [0.5, 0.6) is 0 Å². The van der Waals surface area contributed by atoms with Crippen LogP contribution in [0, 0.1) is 0 Å². The van der Waals surface area contributed by atoms with E-state index in [2.05, 4.69) is 20.2 Å². The summed E-state index contributed by atoms with van der Waals surface area (Å²) in [7, 11) is 0. The van der Waals surface area contributed by atoms with Crippen LogP contribution in [-0.4, -0.2) is 31.9 Å². The van der Waals surface area contributed by atoms with Crippen molar-refractivity contribution in [2.75, 3.05) is 17.3 Å². The summed E-state index contributed by atoms with van der Waals surface area (Å²) < 4.78 is 0. The third-order valence-electron chi connectivity index (χ3n) is 2.04. The molecule has 0 aromatic carbocycles. The fourth-order valence-corrected chi connectivity index (χ4v) is 1.31. The zero-order valence-corrected chi connectivity index (χ0v) is 8.83. The van der Waals surface area contributed by atoms with Crippen LogP contribution in [0.4, 0.5) is 11.8 Å². The first kappa shape index (κ1) is 11.1. The van der Waals surface area contributed by atoms with Crippen molar-refractivity contribution in [2.45, 2.75) is 0 Å². The largest absolute Gasteiger partial charge is 0.399 e. The van der Waals surface area contributed by atoms with E-state index in [0.717, 1.165) is 5.01 Å². The summed E-state index contributed by atoms with van der Waals surface area (Å²) in [5.41, 5.74) is 11.7. The maximum absolute atomic E-state index is 8.81. The first-order valence-electron chi connectivity index (χ1n) is 4.69. The highest BCUT2D eigenvalue weighted by molar-refractivity contribution is 5.87. The van der Waals surface area contributed by atoms with Crippen LogP contribution in [0.15, 0.2) is 18.1 Å². The lowest BCUT2D eigenvalue weighted by Gasteiger charge is -2.14. The molecule has 0 amide bonds. The van der Waals surface area contributed by atoms with Gasteiger partial charge in [-0.05, 0) is 0 Å². The molecular formula is C8H12N8O. The van der Waals surface area contributed by atoms with Crippen LogP contribution >= 0.6 is 0 Å². The normalized spacial score (nSPS) is 12.0. The minimum absolute atomic E-state index is 0.0585. The molecule has 2 rings (SSSR count). The van der Waals surface area contributed by atoms with E-state index in [-0.39, 0.29) is 18.3 Å². The van der Waals surface area contributed by atoms with E-state index >= 15 is 0 Å². The lowest BCUT2D eigenvalue weighted by atomic mass is 10.4. The van der Waals surface area contributed by atoms with Crippen LogP contribution in [0.2, 0.25) is 0 Å². The minimum Gasteiger partial charge on any atom is -0.399 e. The number of H-pyrrole nitrogens is 1. The van der Waals surface area contributed by atoms with Crippen LogP contribution in [0.25, 0.3) is 11.0 Å². The Bertz CT molecular complexity index is 562. The molecule has 0 bridgehead atoms. The quantitative estimate of drug-likeness (QED) is 0.315. The number of hydrogen-bond donors (Lipinski definition) is 5. The SMILES string of the molecule is N/C(=C\N(N)c1nc(N)nc2[nH]ncc12)CO. The van der Waals surface area contributed by atoms with Crippen molar-refractivity contribution in [1.82, 2.24) is 20.2 Å². The number of aliphatic hydroxyl groups excluding tert-OH is 1. The smallest absolute Gasteiger partial charge is 0.224 e. The average molecular weight is 236 g/mol. The summed E-state index contributed by atoms with van der Waals surface area (Å²) in [6.45, 7) is -0.303. The number of hydrazine groups is 1. The Labute approximate surface area is 95.9 Å². The van der Waals surface area contributed by atoms with E-state index in [1.54, 1.807) is 0 Å². The summed E-state index contributed by atoms with van der Waals surface area (Å²) in [5.74, 6) is 6.15. The summed E-state index contributed by atoms with van der Waals surface area (Å²) in [6, 6.07) is 0. The third kappa shape index (κ3) is 2.09. The number of hydrogen-bond acceptors (Lipinski definition) is 8. The Morgan fingerprint density at radius 2 is 2.29 bits per heavy atom. The van der Waals surface area contributed by atoms with Crippen molar-refractivity contribution < 1.29 is 5.11 Å². The lowest BCUT2D eigenvalue weighted by molar-refractivity contribution is 0.329. The molecule has 0 saturated heterocycles. The van der Waals surface area contributed by atoms with Gasteiger partial charge in [0.15, 0.2) is 11.5 Å². The molecule has 2 aromatic heterocycles. The maximum Gasteiger partial charge on any atom is 0.224 e. The van der Waals surface area contributed by atoms with Crippen molar-refractivity contribution >= 4 is 22.8 Å². The summed E-state index contributed by atoms with van der Waals surface area (Å²) in [4.78, 5) is 7.93. The average Bonchev–Trinajstić information content (AvgIpc) is 2.75. The van der Waals surface area contributed by atoms with Gasteiger partial charge in [0, 0.05) is 6.20 Å². The second-order valence-electron chi connectivity index (χ2n) is 3.31. The number of aromatic nitrogens is 4. The Hall–Kier alpha value is -2.39. The lowest BCUT2D eigenvalue weighted by Crippen LogP contribution is -2.28. The molecule has 0 fully saturated rings. The van der Waals surface area contributed by atoms with E-state index in [9.17, 15) is 0 Å². The summed E-state index contributed by atoms with van der Waals surface area (Å²) in [5, 5.41) is 17.0. The molecule has 9 nitrogen and oxygen atoms in total. The van der Waals surface area contributed by atoms with Crippen molar-refractivity contribution in [3.05, 3.63) is 18.1 Å². The predicted molar refractivity (Wildman–Crippen MR) is 62.1 cm³/mol. The number of nitrogen functional groups attached to an aromatic ring is 1. The molecule has 90 valence electrons. The summed E-state index contributed by atoms with van der Waals surface area (Å²) in [6.07, 6.45) is 2.86. The van der Waals surface area contributed by atoms with Gasteiger partial charge < -0.3 is 16.6 Å². The number of aromatic amines is 1. The number of fused-ring (bicyclic) bond motifs is 1. The van der Waals surface area contributed by atoms with Gasteiger partial charge >= 0.3 is 0 Å². The monoisotopic (exact) mass is 236 g/mol. The highest BCUT2D eigenvalue weighted by Gasteiger charge is 2.11. The number of rotatable bonds is 3. The van der Waals surface area contributed by atoms with E-state index in [0.29, 0.717) is 16.9 Å². The Kier molecular flexibility index (Phi) is 2.77. The first-order valence-corrected chi connectivity index (χ1v) is 4.69. The Balaban J connectivity index is 2.50. The highest BCUT2D eigenvalue weighted by atomic mass is 16.3. The molecule has 0 unspecified atom stereocenters. The van der Waals surface area contributed by atoms with Crippen molar-refractivity contribution in [2.24, 2.45) is 11.6 Å². The number of nitrogens with zero attached hydrogens (tertiary/aromatic N) is 4. The van der Waals surface area contributed by atoms with Crippen LogP contribution in [0.1, 0.15) is 0 Å². The fraction of sp³-hybridized carbons (Fsp3) is 0.125. The van der Waals surface area contributed by atoms with Crippen molar-refractivity contribution in [3.8, 4) is 0 Å². The molecular weight excluding hydrogens is 224 g/mol. The van der Waals surface area contributed by atoms with Crippen molar-refractivity contribution in [1.29, 1.82) is 0 Å². The van der Waals surface area contributed by atoms with Crippen LogP contribution in [-0.2, 0) is 0 Å². The van der Waals surface area contributed by atoms with E-state index in [1.165, 1.54) is 12.4 Å². The molecule has 0 aliphatic carbocycles. The maximum atomic E-state index is 8.81. The molecule has 8 N–H and O–H groups in total. The number of anilines is 2. The van der Waals surface area contributed by atoms with Crippen LogP contribution in [0.3, 0.4) is 0 Å². The molecule has 0 aliphatic heterocycles. The van der Waals surface area contributed by atoms with Gasteiger partial charge in [-0.15, -0.1) is 0 Å².